The van der Waals surface area contributed by atoms with Gasteiger partial charge in [-0.1, -0.05) is 29.8 Å². The van der Waals surface area contributed by atoms with E-state index in [1.807, 2.05) is 31.1 Å². The van der Waals surface area contributed by atoms with Gasteiger partial charge in [0.1, 0.15) is 17.7 Å². The molecule has 2 aliphatic heterocycles. The minimum absolute atomic E-state index is 0.0412. The summed E-state index contributed by atoms with van der Waals surface area (Å²) in [6.07, 6.45) is 0. The molecule has 2 aliphatic rings. The Morgan fingerprint density at radius 3 is 2.52 bits per heavy atom. The van der Waals surface area contributed by atoms with Gasteiger partial charge in [0.25, 0.3) is 0 Å². The number of nitrogens with zero attached hydrogens (tertiary/aromatic N) is 7. The van der Waals surface area contributed by atoms with Crippen LogP contribution in [-0.4, -0.2) is 39.9 Å². The number of fused-ring (bicyclic) bond motifs is 3. The van der Waals surface area contributed by atoms with Crippen LogP contribution in [0.25, 0.3) is 5.69 Å². The molecule has 0 bridgehead atoms. The molecule has 2 unspecified atom stereocenters. The lowest BCUT2D eigenvalue weighted by molar-refractivity contribution is 0.380. The van der Waals surface area contributed by atoms with Gasteiger partial charge in [-0.3, -0.25) is 9.58 Å². The maximum atomic E-state index is 6.14. The lowest BCUT2D eigenvalue weighted by Gasteiger charge is -2.27. The number of anilines is 2. The zero-order chi connectivity index (χ0) is 20.1. The van der Waals surface area contributed by atoms with E-state index in [-0.39, 0.29) is 12.0 Å². The first kappa shape index (κ1) is 18.1. The number of aryl methyl sites for hydroxylation is 1. The van der Waals surface area contributed by atoms with Crippen molar-refractivity contribution in [2.75, 3.05) is 25.0 Å². The third-order valence-corrected chi connectivity index (χ3v) is 5.83. The summed E-state index contributed by atoms with van der Waals surface area (Å²) in [5, 5.41) is 20.0. The first-order valence-corrected chi connectivity index (χ1v) is 10.1. The van der Waals surface area contributed by atoms with E-state index in [0.29, 0.717) is 0 Å². The van der Waals surface area contributed by atoms with Gasteiger partial charge < -0.3 is 4.90 Å². The van der Waals surface area contributed by atoms with E-state index in [1.54, 1.807) is 0 Å². The van der Waals surface area contributed by atoms with Gasteiger partial charge >= 0.3 is 0 Å². The van der Waals surface area contributed by atoms with E-state index in [9.17, 15) is 0 Å². The maximum Gasteiger partial charge on any atom is 0.142 e. The summed E-state index contributed by atoms with van der Waals surface area (Å²) in [4.78, 5) is 2.34. The summed E-state index contributed by atoms with van der Waals surface area (Å²) in [5.41, 5.74) is 4.44. The fourth-order valence-electron chi connectivity index (χ4n) is 4.11. The van der Waals surface area contributed by atoms with Crippen LogP contribution in [0.1, 0.15) is 36.1 Å². The highest BCUT2D eigenvalue weighted by Gasteiger charge is 2.29. The fourth-order valence-corrected chi connectivity index (χ4v) is 4.24. The summed E-state index contributed by atoms with van der Waals surface area (Å²) in [6.45, 7) is 5.77. The van der Waals surface area contributed by atoms with Crippen molar-refractivity contribution in [3.8, 4) is 5.69 Å². The monoisotopic (exact) mass is 407 g/mol. The number of hydrogen-bond donors (Lipinski definition) is 0. The van der Waals surface area contributed by atoms with Crippen LogP contribution in [0.4, 0.5) is 11.4 Å². The average molecular weight is 408 g/mol. The van der Waals surface area contributed by atoms with E-state index in [1.165, 1.54) is 0 Å². The van der Waals surface area contributed by atoms with Gasteiger partial charge in [-0.25, -0.2) is 0 Å². The van der Waals surface area contributed by atoms with Crippen LogP contribution in [0.5, 0.6) is 0 Å². The largest absolute Gasteiger partial charge is 0.339 e. The second kappa shape index (κ2) is 6.84. The van der Waals surface area contributed by atoms with Crippen molar-refractivity contribution in [1.82, 2.24) is 19.8 Å². The van der Waals surface area contributed by atoms with Gasteiger partial charge in [-0.2, -0.15) is 5.11 Å². The van der Waals surface area contributed by atoms with Crippen LogP contribution in [0, 0.1) is 6.92 Å². The van der Waals surface area contributed by atoms with Crippen molar-refractivity contribution in [2.45, 2.75) is 25.8 Å². The topological polar surface area (TPSA) is 61.9 Å². The van der Waals surface area contributed by atoms with Crippen LogP contribution in [0.15, 0.2) is 52.8 Å². The van der Waals surface area contributed by atoms with Crippen LogP contribution in [0.2, 0.25) is 5.02 Å². The molecule has 148 valence electrons. The van der Waals surface area contributed by atoms with Gasteiger partial charge in [-0.15, -0.1) is 10.2 Å². The summed E-state index contributed by atoms with van der Waals surface area (Å²) in [6, 6.07) is 14.6. The van der Waals surface area contributed by atoms with Gasteiger partial charge in [0.2, 0.25) is 0 Å². The minimum Gasteiger partial charge on any atom is -0.339 e. The normalized spacial score (nSPS) is 20.6. The van der Waals surface area contributed by atoms with E-state index in [2.05, 4.69) is 67.3 Å². The molecular formula is C21H22ClN7. The highest BCUT2D eigenvalue weighted by Crippen LogP contribution is 2.40. The molecule has 3 aromatic rings. The second-order valence-corrected chi connectivity index (χ2v) is 8.17. The third-order valence-electron chi connectivity index (χ3n) is 5.58. The van der Waals surface area contributed by atoms with Crippen LogP contribution >= 0.6 is 11.6 Å². The molecule has 29 heavy (non-hydrogen) atoms. The first-order chi connectivity index (χ1) is 14.0. The first-order valence-electron chi connectivity index (χ1n) is 9.72. The predicted octanol–water partition coefficient (Wildman–Crippen LogP) is 4.84. The van der Waals surface area contributed by atoms with Gasteiger partial charge in [-0.05, 0) is 48.9 Å². The molecule has 2 aromatic carbocycles. The van der Waals surface area contributed by atoms with Crippen molar-refractivity contribution in [2.24, 2.45) is 10.3 Å². The predicted molar refractivity (Wildman–Crippen MR) is 113 cm³/mol. The van der Waals surface area contributed by atoms with Gasteiger partial charge in [0.15, 0.2) is 0 Å². The summed E-state index contributed by atoms with van der Waals surface area (Å²) in [7, 11) is 1.95. The Labute approximate surface area is 174 Å². The summed E-state index contributed by atoms with van der Waals surface area (Å²) >= 11 is 6.14. The van der Waals surface area contributed by atoms with E-state index in [0.717, 1.165) is 52.4 Å². The lowest BCUT2D eigenvalue weighted by Crippen LogP contribution is -2.22. The van der Waals surface area contributed by atoms with E-state index >= 15 is 0 Å². The number of likely N-dealkylation sites (N-methyl/N-ethyl adjacent to an activating group) is 1. The summed E-state index contributed by atoms with van der Waals surface area (Å²) < 4.78 is 2.17. The number of aromatic nitrogens is 3. The molecule has 0 aliphatic carbocycles. The van der Waals surface area contributed by atoms with Crippen molar-refractivity contribution >= 4 is 23.0 Å². The maximum absolute atomic E-state index is 6.14. The molecule has 0 spiro atoms. The Morgan fingerprint density at radius 2 is 1.79 bits per heavy atom. The van der Waals surface area contributed by atoms with E-state index < -0.39 is 0 Å². The molecule has 0 fully saturated rings. The number of halogens is 1. The molecule has 7 nitrogen and oxygen atoms in total. The number of benzene rings is 2. The molecular weight excluding hydrogens is 386 g/mol. The van der Waals surface area contributed by atoms with E-state index in [4.69, 9.17) is 11.6 Å². The van der Waals surface area contributed by atoms with Gasteiger partial charge in [0.05, 0.1) is 17.9 Å². The quantitative estimate of drug-likeness (QED) is 0.609. The zero-order valence-corrected chi connectivity index (χ0v) is 17.4. The molecule has 0 amide bonds. The third kappa shape index (κ3) is 3.06. The Hall–Kier alpha value is -2.93. The van der Waals surface area contributed by atoms with Crippen molar-refractivity contribution in [1.29, 1.82) is 0 Å². The summed E-state index contributed by atoms with van der Waals surface area (Å²) in [5.74, 6) is 2.08. The zero-order valence-electron chi connectivity index (χ0n) is 16.6. The van der Waals surface area contributed by atoms with Crippen LogP contribution in [-0.2, 0) is 0 Å². The molecule has 0 saturated carbocycles. The minimum atomic E-state index is 0.0412. The molecule has 3 heterocycles. The smallest absolute Gasteiger partial charge is 0.142 e. The molecule has 5 rings (SSSR count). The van der Waals surface area contributed by atoms with Gasteiger partial charge in [0, 0.05) is 30.2 Å². The Bertz CT molecular complexity index is 1090. The highest BCUT2D eigenvalue weighted by atomic mass is 35.5. The fraction of sp³-hybridized carbons (Fsp3) is 0.333. The molecule has 0 N–H and O–H groups in total. The average Bonchev–Trinajstić information content (AvgIpc) is 3.29. The van der Waals surface area contributed by atoms with Crippen molar-refractivity contribution in [3.05, 3.63) is 64.7 Å². The van der Waals surface area contributed by atoms with Crippen molar-refractivity contribution in [3.63, 3.8) is 0 Å². The highest BCUT2D eigenvalue weighted by molar-refractivity contribution is 6.30. The number of rotatable bonds is 2. The molecule has 0 saturated heterocycles. The second-order valence-electron chi connectivity index (χ2n) is 7.74. The molecule has 0 radical (unpaired) electrons. The van der Waals surface area contributed by atoms with Crippen LogP contribution in [0.3, 0.4) is 0 Å². The standard InChI is InChI=1S/C21H22ClN7/c1-13-11-28(17-7-5-16(22)6-8-17)20-10-15(18-12-27(3)26-24-18)4-9-19(20)29-14(2)23-25-21(13)29/h4-10,13,18H,11-12H2,1-3H3. The molecule has 2 atom stereocenters. The number of hydrogen-bond acceptors (Lipinski definition) is 6. The van der Waals surface area contributed by atoms with Crippen LogP contribution < -0.4 is 4.90 Å². The lowest BCUT2D eigenvalue weighted by atomic mass is 10.0. The Balaban J connectivity index is 1.69. The Kier molecular flexibility index (Phi) is 4.28. The molecule has 8 heteroatoms. The van der Waals surface area contributed by atoms with Crippen molar-refractivity contribution < 1.29 is 0 Å². The molecule has 1 aromatic heterocycles. The Morgan fingerprint density at radius 1 is 1.00 bits per heavy atom. The SMILES string of the molecule is Cc1nnc2n1-c1ccc(C3CN(C)N=N3)cc1N(c1ccc(Cl)cc1)CC2C.